The summed E-state index contributed by atoms with van der Waals surface area (Å²) >= 11 is 0. The second-order valence-corrected chi connectivity index (χ2v) is 7.56. The third-order valence-electron chi connectivity index (χ3n) is 5.23. The van der Waals surface area contributed by atoms with E-state index in [1.54, 1.807) is 48.5 Å². The van der Waals surface area contributed by atoms with E-state index < -0.39 is 0 Å². The molecule has 0 bridgehead atoms. The van der Waals surface area contributed by atoms with Gasteiger partial charge in [0.15, 0.2) is 0 Å². The van der Waals surface area contributed by atoms with Gasteiger partial charge in [0.25, 0.3) is 5.91 Å². The SMILES string of the molecule is CC[C@@H](C)Oc1ccc(C(=O)Nc2ccc(C(=O)OC3CCCCC3)cc2)cc1. The van der Waals surface area contributed by atoms with Gasteiger partial charge in [-0.25, -0.2) is 4.79 Å². The lowest BCUT2D eigenvalue weighted by molar-refractivity contribution is 0.0211. The van der Waals surface area contributed by atoms with Crippen LogP contribution in [0.1, 0.15) is 73.1 Å². The zero-order valence-electron chi connectivity index (χ0n) is 17.1. The summed E-state index contributed by atoms with van der Waals surface area (Å²) in [6.07, 6.45) is 6.44. The van der Waals surface area contributed by atoms with Crippen molar-refractivity contribution in [1.29, 1.82) is 0 Å². The van der Waals surface area contributed by atoms with Crippen molar-refractivity contribution >= 4 is 17.6 Å². The van der Waals surface area contributed by atoms with Gasteiger partial charge in [-0.15, -0.1) is 0 Å². The van der Waals surface area contributed by atoms with Gasteiger partial charge in [-0.2, -0.15) is 0 Å². The number of ether oxygens (including phenoxy) is 2. The molecule has 2 aromatic carbocycles. The molecule has 1 aliphatic carbocycles. The third kappa shape index (κ3) is 6.08. The van der Waals surface area contributed by atoms with Crippen LogP contribution in [0.3, 0.4) is 0 Å². The highest BCUT2D eigenvalue weighted by Gasteiger charge is 2.18. The van der Waals surface area contributed by atoms with Crippen LogP contribution < -0.4 is 10.1 Å². The van der Waals surface area contributed by atoms with E-state index in [1.165, 1.54) is 6.42 Å². The van der Waals surface area contributed by atoms with Gasteiger partial charge in [0.2, 0.25) is 0 Å². The number of hydrogen-bond acceptors (Lipinski definition) is 4. The van der Waals surface area contributed by atoms with E-state index in [2.05, 4.69) is 12.2 Å². The number of anilines is 1. The summed E-state index contributed by atoms with van der Waals surface area (Å²) < 4.78 is 11.3. The van der Waals surface area contributed by atoms with Crippen molar-refractivity contribution in [1.82, 2.24) is 0 Å². The largest absolute Gasteiger partial charge is 0.491 e. The fraction of sp³-hybridized carbons (Fsp3) is 0.417. The second kappa shape index (κ2) is 10.1. The van der Waals surface area contributed by atoms with E-state index in [4.69, 9.17) is 9.47 Å². The fourth-order valence-electron chi connectivity index (χ4n) is 3.30. The van der Waals surface area contributed by atoms with Crippen LogP contribution in [0, 0.1) is 0 Å². The van der Waals surface area contributed by atoms with Crippen LogP contribution in [-0.2, 0) is 4.74 Å². The molecule has 5 nitrogen and oxygen atoms in total. The zero-order valence-corrected chi connectivity index (χ0v) is 17.1. The maximum Gasteiger partial charge on any atom is 0.338 e. The summed E-state index contributed by atoms with van der Waals surface area (Å²) in [5.74, 6) is 0.237. The lowest BCUT2D eigenvalue weighted by Crippen LogP contribution is -2.21. The Morgan fingerprint density at radius 3 is 2.21 bits per heavy atom. The summed E-state index contributed by atoms with van der Waals surface area (Å²) in [6.45, 7) is 4.07. The van der Waals surface area contributed by atoms with Gasteiger partial charge in [-0.1, -0.05) is 13.3 Å². The molecular weight excluding hydrogens is 366 g/mol. The summed E-state index contributed by atoms with van der Waals surface area (Å²) in [5, 5.41) is 2.85. The second-order valence-electron chi connectivity index (χ2n) is 7.56. The predicted octanol–water partition coefficient (Wildman–Crippen LogP) is 5.61. The van der Waals surface area contributed by atoms with Crippen molar-refractivity contribution in [2.45, 2.75) is 64.6 Å². The van der Waals surface area contributed by atoms with E-state index >= 15 is 0 Å². The molecule has 1 fully saturated rings. The number of rotatable bonds is 7. The number of esters is 1. The van der Waals surface area contributed by atoms with Gasteiger partial charge in [0.1, 0.15) is 11.9 Å². The Bertz CT molecular complexity index is 808. The van der Waals surface area contributed by atoms with Crippen LogP contribution in [0.4, 0.5) is 5.69 Å². The average molecular weight is 395 g/mol. The molecular formula is C24H29NO4. The molecule has 1 N–H and O–H groups in total. The molecule has 0 saturated heterocycles. The summed E-state index contributed by atoms with van der Waals surface area (Å²) in [5.41, 5.74) is 1.67. The highest BCUT2D eigenvalue weighted by atomic mass is 16.5. The number of hydrogen-bond donors (Lipinski definition) is 1. The summed E-state index contributed by atoms with van der Waals surface area (Å²) in [4.78, 5) is 24.7. The standard InChI is InChI=1S/C24H29NO4/c1-3-17(2)28-22-15-11-18(12-16-22)23(26)25-20-13-9-19(10-14-20)24(27)29-21-7-5-4-6-8-21/h9-17,21H,3-8H2,1-2H3,(H,25,26)/t17-/m1/s1. The Morgan fingerprint density at radius 1 is 0.966 bits per heavy atom. The number of benzene rings is 2. The first-order chi connectivity index (χ1) is 14.0. The molecule has 0 aromatic heterocycles. The van der Waals surface area contributed by atoms with Crippen molar-refractivity contribution in [2.24, 2.45) is 0 Å². The Labute approximate surface area is 172 Å². The lowest BCUT2D eigenvalue weighted by Gasteiger charge is -2.21. The molecule has 3 rings (SSSR count). The first kappa shape index (κ1) is 20.9. The highest BCUT2D eigenvalue weighted by Crippen LogP contribution is 2.22. The van der Waals surface area contributed by atoms with Crippen molar-refractivity contribution in [2.75, 3.05) is 5.32 Å². The molecule has 29 heavy (non-hydrogen) atoms. The van der Waals surface area contributed by atoms with Crippen LogP contribution in [0.5, 0.6) is 5.75 Å². The molecule has 0 heterocycles. The van der Waals surface area contributed by atoms with Crippen molar-refractivity contribution in [3.8, 4) is 5.75 Å². The fourth-order valence-corrected chi connectivity index (χ4v) is 3.30. The van der Waals surface area contributed by atoms with Gasteiger partial charge < -0.3 is 14.8 Å². The van der Waals surface area contributed by atoms with Crippen molar-refractivity contribution in [3.63, 3.8) is 0 Å². The van der Waals surface area contributed by atoms with Crippen molar-refractivity contribution < 1.29 is 19.1 Å². The lowest BCUT2D eigenvalue weighted by atomic mass is 9.98. The molecule has 0 radical (unpaired) electrons. The minimum atomic E-state index is -0.299. The van der Waals surface area contributed by atoms with Gasteiger partial charge in [0, 0.05) is 11.3 Å². The van der Waals surface area contributed by atoms with E-state index in [0.717, 1.165) is 37.9 Å². The first-order valence-corrected chi connectivity index (χ1v) is 10.4. The molecule has 1 atom stereocenters. The molecule has 5 heteroatoms. The predicted molar refractivity (Wildman–Crippen MR) is 114 cm³/mol. The minimum absolute atomic E-state index is 0.0305. The van der Waals surface area contributed by atoms with Gasteiger partial charge in [-0.3, -0.25) is 4.79 Å². The molecule has 1 saturated carbocycles. The Kier molecular flexibility index (Phi) is 7.28. The van der Waals surface area contributed by atoms with E-state index in [0.29, 0.717) is 16.8 Å². The monoisotopic (exact) mass is 395 g/mol. The van der Waals surface area contributed by atoms with Crippen LogP contribution >= 0.6 is 0 Å². The normalized spacial score (nSPS) is 15.4. The Morgan fingerprint density at radius 2 is 1.59 bits per heavy atom. The molecule has 0 unspecified atom stereocenters. The maximum absolute atomic E-state index is 12.4. The number of carbonyl (C=O) groups excluding carboxylic acids is 2. The average Bonchev–Trinajstić information content (AvgIpc) is 2.75. The number of carbonyl (C=O) groups is 2. The molecule has 2 aromatic rings. The Balaban J connectivity index is 1.54. The van der Waals surface area contributed by atoms with Crippen molar-refractivity contribution in [3.05, 3.63) is 59.7 Å². The van der Waals surface area contributed by atoms with E-state index in [-0.39, 0.29) is 24.1 Å². The molecule has 0 aliphatic heterocycles. The van der Waals surface area contributed by atoms with Crippen LogP contribution in [0.25, 0.3) is 0 Å². The molecule has 1 aliphatic rings. The summed E-state index contributed by atoms with van der Waals surface area (Å²) in [7, 11) is 0. The third-order valence-corrected chi connectivity index (χ3v) is 5.23. The number of amides is 1. The molecule has 0 spiro atoms. The highest BCUT2D eigenvalue weighted by molar-refractivity contribution is 6.04. The van der Waals surface area contributed by atoms with Gasteiger partial charge in [-0.05, 0) is 87.6 Å². The minimum Gasteiger partial charge on any atom is -0.491 e. The summed E-state index contributed by atoms with van der Waals surface area (Å²) in [6, 6.07) is 13.9. The zero-order chi connectivity index (χ0) is 20.6. The molecule has 1 amide bonds. The van der Waals surface area contributed by atoms with Crippen LogP contribution in [-0.4, -0.2) is 24.1 Å². The Hall–Kier alpha value is -2.82. The topological polar surface area (TPSA) is 64.6 Å². The quantitative estimate of drug-likeness (QED) is 0.619. The van der Waals surface area contributed by atoms with E-state index in [1.807, 2.05) is 6.92 Å². The van der Waals surface area contributed by atoms with Gasteiger partial charge in [0.05, 0.1) is 11.7 Å². The smallest absolute Gasteiger partial charge is 0.338 e. The number of nitrogens with one attached hydrogen (secondary N) is 1. The molecule has 154 valence electrons. The van der Waals surface area contributed by atoms with E-state index in [9.17, 15) is 9.59 Å². The van der Waals surface area contributed by atoms with Crippen LogP contribution in [0.2, 0.25) is 0 Å². The van der Waals surface area contributed by atoms with Gasteiger partial charge >= 0.3 is 5.97 Å². The first-order valence-electron chi connectivity index (χ1n) is 10.4. The van der Waals surface area contributed by atoms with Crippen LogP contribution in [0.15, 0.2) is 48.5 Å². The maximum atomic E-state index is 12.4.